The van der Waals surface area contributed by atoms with Gasteiger partial charge in [-0.15, -0.1) is 0 Å². The van der Waals surface area contributed by atoms with Crippen molar-refractivity contribution in [3.63, 3.8) is 0 Å². The van der Waals surface area contributed by atoms with Crippen molar-refractivity contribution in [2.75, 3.05) is 0 Å². The molecule has 0 aliphatic carbocycles. The second-order valence-corrected chi connectivity index (χ2v) is 5.95. The number of ether oxygens (including phenoxy) is 1. The summed E-state index contributed by atoms with van der Waals surface area (Å²) in [5.74, 6) is -0.301. The van der Waals surface area contributed by atoms with Crippen LogP contribution in [0.25, 0.3) is 0 Å². The van der Waals surface area contributed by atoms with Gasteiger partial charge in [0, 0.05) is 6.42 Å². The molecule has 21 heavy (non-hydrogen) atoms. The number of rotatable bonds is 3. The molecule has 1 atom stereocenters. The van der Waals surface area contributed by atoms with Gasteiger partial charge < -0.3 is 9.57 Å². The van der Waals surface area contributed by atoms with Crippen LogP contribution in [0.2, 0.25) is 0 Å². The zero-order valence-electron chi connectivity index (χ0n) is 12.4. The van der Waals surface area contributed by atoms with Gasteiger partial charge in [0.15, 0.2) is 6.10 Å². The van der Waals surface area contributed by atoms with E-state index in [9.17, 15) is 4.79 Å². The van der Waals surface area contributed by atoms with Crippen molar-refractivity contribution in [2.45, 2.75) is 45.3 Å². The Morgan fingerprint density at radius 3 is 2.67 bits per heavy atom. The molecule has 5 heteroatoms. The molecule has 0 bridgehead atoms. The normalized spacial score (nSPS) is 17.6. The summed E-state index contributed by atoms with van der Waals surface area (Å²) in [6.45, 7) is 5.49. The quantitative estimate of drug-likeness (QED) is 0.800. The maximum Gasteiger partial charge on any atom is 0.312 e. The summed E-state index contributed by atoms with van der Waals surface area (Å²) in [6.07, 6.45) is 0.505. The number of carbonyl (C=O) groups excluding carboxylic acids is 1. The van der Waals surface area contributed by atoms with Crippen LogP contribution in [0.1, 0.15) is 50.8 Å². The molecule has 0 saturated carbocycles. The molecular formula is C16H18N2O3. The van der Waals surface area contributed by atoms with Crippen molar-refractivity contribution in [1.29, 1.82) is 5.26 Å². The third-order valence-corrected chi connectivity index (χ3v) is 2.91. The van der Waals surface area contributed by atoms with Gasteiger partial charge in [-0.2, -0.15) is 5.26 Å². The summed E-state index contributed by atoms with van der Waals surface area (Å²) in [6, 6.07) is 9.24. The van der Waals surface area contributed by atoms with Gasteiger partial charge in [0.25, 0.3) is 0 Å². The average molecular weight is 286 g/mol. The standard InChI is InChI=1S/C16H18N2O3/c1-16(2,3)20-15(19)9-13-8-14(21-18-13)12-6-4-11(10-17)5-7-12/h4-7,14H,8-9H2,1-3H3. The molecule has 1 aliphatic heterocycles. The summed E-state index contributed by atoms with van der Waals surface area (Å²) < 4.78 is 5.26. The molecule has 0 saturated heterocycles. The van der Waals surface area contributed by atoms with Crippen LogP contribution < -0.4 is 0 Å². The van der Waals surface area contributed by atoms with Crippen LogP contribution in [0.3, 0.4) is 0 Å². The minimum atomic E-state index is -0.496. The Hall–Kier alpha value is -2.35. The monoisotopic (exact) mass is 286 g/mol. The fourth-order valence-electron chi connectivity index (χ4n) is 2.03. The Balaban J connectivity index is 1.90. The van der Waals surface area contributed by atoms with Crippen LogP contribution in [0.4, 0.5) is 0 Å². The van der Waals surface area contributed by atoms with Gasteiger partial charge >= 0.3 is 5.97 Å². The SMILES string of the molecule is CC(C)(C)OC(=O)CC1=NOC(c2ccc(C#N)cc2)C1. The van der Waals surface area contributed by atoms with E-state index in [1.54, 1.807) is 12.1 Å². The topological polar surface area (TPSA) is 71.7 Å². The van der Waals surface area contributed by atoms with Gasteiger partial charge in [-0.05, 0) is 38.5 Å². The summed E-state index contributed by atoms with van der Waals surface area (Å²) in [5.41, 5.74) is 1.73. The molecule has 0 radical (unpaired) electrons. The average Bonchev–Trinajstić information content (AvgIpc) is 2.85. The molecule has 2 rings (SSSR count). The number of oxime groups is 1. The third-order valence-electron chi connectivity index (χ3n) is 2.91. The van der Waals surface area contributed by atoms with Gasteiger partial charge in [0.05, 0.1) is 23.8 Å². The molecule has 1 heterocycles. The van der Waals surface area contributed by atoms with E-state index in [1.807, 2.05) is 32.9 Å². The Kier molecular flexibility index (Phi) is 4.27. The highest BCUT2D eigenvalue weighted by Gasteiger charge is 2.26. The van der Waals surface area contributed by atoms with Crippen molar-refractivity contribution < 1.29 is 14.4 Å². The smallest absolute Gasteiger partial charge is 0.312 e. The Labute approximate surface area is 124 Å². The van der Waals surface area contributed by atoms with E-state index in [2.05, 4.69) is 11.2 Å². The first kappa shape index (κ1) is 15.0. The highest BCUT2D eigenvalue weighted by Crippen LogP contribution is 2.28. The number of esters is 1. The first-order valence-corrected chi connectivity index (χ1v) is 6.81. The Morgan fingerprint density at radius 2 is 2.10 bits per heavy atom. The minimum Gasteiger partial charge on any atom is -0.460 e. The molecular weight excluding hydrogens is 268 g/mol. The van der Waals surface area contributed by atoms with E-state index in [4.69, 9.17) is 14.8 Å². The number of nitriles is 1. The molecule has 0 spiro atoms. The molecule has 0 N–H and O–H groups in total. The van der Waals surface area contributed by atoms with Gasteiger partial charge in [-0.25, -0.2) is 0 Å². The lowest BCUT2D eigenvalue weighted by Crippen LogP contribution is -2.25. The summed E-state index contributed by atoms with van der Waals surface area (Å²) in [5, 5.41) is 12.7. The Bertz CT molecular complexity index is 591. The maximum absolute atomic E-state index is 11.7. The predicted molar refractivity (Wildman–Crippen MR) is 77.5 cm³/mol. The zero-order valence-corrected chi connectivity index (χ0v) is 12.4. The van der Waals surface area contributed by atoms with Gasteiger partial charge in [0.2, 0.25) is 0 Å². The lowest BCUT2D eigenvalue weighted by atomic mass is 10.0. The zero-order chi connectivity index (χ0) is 15.5. The van der Waals surface area contributed by atoms with Crippen molar-refractivity contribution in [3.05, 3.63) is 35.4 Å². The lowest BCUT2D eigenvalue weighted by molar-refractivity contribution is -0.153. The summed E-state index contributed by atoms with van der Waals surface area (Å²) in [7, 11) is 0. The molecule has 0 fully saturated rings. The van der Waals surface area contributed by atoms with E-state index >= 15 is 0 Å². The van der Waals surface area contributed by atoms with Crippen molar-refractivity contribution in [3.8, 4) is 6.07 Å². The first-order valence-electron chi connectivity index (χ1n) is 6.81. The highest BCUT2D eigenvalue weighted by molar-refractivity contribution is 5.99. The molecule has 1 aromatic rings. The predicted octanol–water partition coefficient (Wildman–Crippen LogP) is 3.11. The van der Waals surface area contributed by atoms with Gasteiger partial charge in [0.1, 0.15) is 5.60 Å². The highest BCUT2D eigenvalue weighted by atomic mass is 16.6. The van der Waals surface area contributed by atoms with Gasteiger partial charge in [-0.1, -0.05) is 17.3 Å². The number of benzene rings is 1. The number of carbonyl (C=O) groups is 1. The fraction of sp³-hybridized carbons (Fsp3) is 0.438. The fourth-order valence-corrected chi connectivity index (χ4v) is 2.03. The minimum absolute atomic E-state index is 0.143. The molecule has 0 aromatic heterocycles. The van der Waals surface area contributed by atoms with E-state index in [-0.39, 0.29) is 18.5 Å². The van der Waals surface area contributed by atoms with E-state index < -0.39 is 5.60 Å². The lowest BCUT2D eigenvalue weighted by Gasteiger charge is -2.19. The van der Waals surface area contributed by atoms with Crippen LogP contribution in [-0.2, 0) is 14.4 Å². The second kappa shape index (κ2) is 5.96. The molecule has 1 aromatic carbocycles. The summed E-state index contributed by atoms with van der Waals surface area (Å²) >= 11 is 0. The van der Waals surface area contributed by atoms with Crippen LogP contribution in [0.5, 0.6) is 0 Å². The molecule has 0 amide bonds. The third kappa shape index (κ3) is 4.32. The number of nitrogens with zero attached hydrogens (tertiary/aromatic N) is 2. The van der Waals surface area contributed by atoms with Crippen LogP contribution in [-0.4, -0.2) is 17.3 Å². The van der Waals surface area contributed by atoms with Crippen LogP contribution in [0, 0.1) is 11.3 Å². The van der Waals surface area contributed by atoms with E-state index in [0.717, 1.165) is 5.56 Å². The van der Waals surface area contributed by atoms with Crippen molar-refractivity contribution in [2.24, 2.45) is 5.16 Å². The number of hydrogen-bond acceptors (Lipinski definition) is 5. The molecule has 110 valence electrons. The van der Waals surface area contributed by atoms with E-state index in [0.29, 0.717) is 17.7 Å². The van der Waals surface area contributed by atoms with Crippen LogP contribution in [0.15, 0.2) is 29.4 Å². The largest absolute Gasteiger partial charge is 0.460 e. The second-order valence-electron chi connectivity index (χ2n) is 5.95. The Morgan fingerprint density at radius 1 is 1.43 bits per heavy atom. The molecule has 5 nitrogen and oxygen atoms in total. The first-order chi connectivity index (χ1) is 9.87. The van der Waals surface area contributed by atoms with Crippen molar-refractivity contribution in [1.82, 2.24) is 0 Å². The molecule has 1 unspecified atom stereocenters. The van der Waals surface area contributed by atoms with E-state index in [1.165, 1.54) is 0 Å². The molecule has 1 aliphatic rings. The summed E-state index contributed by atoms with van der Waals surface area (Å²) in [4.78, 5) is 17.1. The van der Waals surface area contributed by atoms with Gasteiger partial charge in [-0.3, -0.25) is 4.79 Å². The van der Waals surface area contributed by atoms with Crippen molar-refractivity contribution >= 4 is 11.7 Å². The maximum atomic E-state index is 11.7. The number of hydrogen-bond donors (Lipinski definition) is 0. The van der Waals surface area contributed by atoms with Crippen LogP contribution >= 0.6 is 0 Å².